The molecule has 8 heteroatoms. The van der Waals surface area contributed by atoms with Crippen molar-refractivity contribution in [2.45, 2.75) is 57.9 Å². The van der Waals surface area contributed by atoms with Crippen molar-refractivity contribution < 1.29 is 23.9 Å². The van der Waals surface area contributed by atoms with Crippen LogP contribution in [0.15, 0.2) is 30.3 Å². The lowest BCUT2D eigenvalue weighted by Gasteiger charge is -2.39. The zero-order valence-electron chi connectivity index (χ0n) is 18.1. The molecule has 3 atom stereocenters. The smallest absolute Gasteiger partial charge is 0.411 e. The van der Waals surface area contributed by atoms with Crippen LogP contribution < -0.4 is 5.32 Å². The van der Waals surface area contributed by atoms with E-state index in [0.29, 0.717) is 19.5 Å². The number of benzene rings is 1. The lowest BCUT2D eigenvalue weighted by Crippen LogP contribution is -2.56. The predicted molar refractivity (Wildman–Crippen MR) is 111 cm³/mol. The quantitative estimate of drug-likeness (QED) is 0.764. The zero-order chi connectivity index (χ0) is 21.9. The maximum Gasteiger partial charge on any atom is 0.411 e. The van der Waals surface area contributed by atoms with Crippen LogP contribution >= 0.6 is 0 Å². The van der Waals surface area contributed by atoms with Crippen molar-refractivity contribution >= 4 is 18.1 Å². The number of ether oxygens (including phenoxy) is 2. The van der Waals surface area contributed by atoms with E-state index in [1.165, 1.54) is 4.90 Å². The van der Waals surface area contributed by atoms with Crippen LogP contribution in [-0.2, 0) is 20.9 Å². The number of rotatable bonds is 3. The van der Waals surface area contributed by atoms with Crippen molar-refractivity contribution in [3.8, 4) is 0 Å². The number of likely N-dealkylation sites (tertiary alicyclic amines) is 2. The summed E-state index contributed by atoms with van der Waals surface area (Å²) in [5.41, 5.74) is 0.193. The molecule has 3 rings (SSSR count). The third-order valence-electron chi connectivity index (χ3n) is 5.54. The highest BCUT2D eigenvalue weighted by Gasteiger charge is 2.51. The second kappa shape index (κ2) is 8.93. The van der Waals surface area contributed by atoms with Gasteiger partial charge in [-0.05, 0) is 45.1 Å². The van der Waals surface area contributed by atoms with Gasteiger partial charge in [-0.15, -0.1) is 0 Å². The summed E-state index contributed by atoms with van der Waals surface area (Å²) in [4.78, 5) is 41.3. The molecule has 0 unspecified atom stereocenters. The Kier molecular flexibility index (Phi) is 6.53. The Morgan fingerprint density at radius 2 is 1.87 bits per heavy atom. The largest absolute Gasteiger partial charge is 0.459 e. The number of hydrogen-bond acceptors (Lipinski definition) is 5. The number of urea groups is 1. The van der Waals surface area contributed by atoms with Gasteiger partial charge in [0, 0.05) is 20.1 Å². The first-order valence-corrected chi connectivity index (χ1v) is 10.4. The number of fused-ring (bicyclic) bond motifs is 1. The Balaban J connectivity index is 1.77. The van der Waals surface area contributed by atoms with Crippen LogP contribution in [0.3, 0.4) is 0 Å². The number of carbonyl (C=O) groups excluding carboxylic acids is 3. The van der Waals surface area contributed by atoms with Gasteiger partial charge in [-0.3, -0.25) is 4.90 Å². The first-order valence-electron chi connectivity index (χ1n) is 10.4. The van der Waals surface area contributed by atoms with Crippen LogP contribution in [0.1, 0.15) is 39.2 Å². The van der Waals surface area contributed by atoms with Gasteiger partial charge in [0.05, 0.1) is 6.04 Å². The number of nitrogens with one attached hydrogen (secondary N) is 1. The summed E-state index contributed by atoms with van der Waals surface area (Å²) in [6.07, 6.45) is 0.689. The molecule has 0 radical (unpaired) electrons. The second-order valence-electron chi connectivity index (χ2n) is 8.85. The molecule has 0 aromatic heterocycles. The van der Waals surface area contributed by atoms with E-state index >= 15 is 0 Å². The van der Waals surface area contributed by atoms with Gasteiger partial charge in [-0.1, -0.05) is 30.3 Å². The van der Waals surface area contributed by atoms with Crippen molar-refractivity contribution in [2.75, 3.05) is 20.1 Å². The van der Waals surface area contributed by atoms with E-state index in [4.69, 9.17) is 9.47 Å². The molecule has 8 nitrogen and oxygen atoms in total. The summed E-state index contributed by atoms with van der Waals surface area (Å²) in [5, 5.41) is 2.63. The minimum Gasteiger partial charge on any atom is -0.459 e. The van der Waals surface area contributed by atoms with Gasteiger partial charge >= 0.3 is 18.1 Å². The van der Waals surface area contributed by atoms with Gasteiger partial charge in [0.1, 0.15) is 18.2 Å². The number of nitrogens with zero attached hydrogens (tertiary/aromatic N) is 2. The fourth-order valence-electron chi connectivity index (χ4n) is 4.16. The lowest BCUT2D eigenvalue weighted by atomic mass is 9.91. The van der Waals surface area contributed by atoms with Gasteiger partial charge in [-0.25, -0.2) is 14.4 Å². The molecule has 2 fully saturated rings. The molecular formula is C22H31N3O5. The molecule has 2 aliphatic heterocycles. The van der Waals surface area contributed by atoms with E-state index in [-0.39, 0.29) is 24.6 Å². The zero-order valence-corrected chi connectivity index (χ0v) is 18.1. The topological polar surface area (TPSA) is 88.2 Å². The molecule has 0 bridgehead atoms. The van der Waals surface area contributed by atoms with Crippen molar-refractivity contribution in [1.82, 2.24) is 15.1 Å². The lowest BCUT2D eigenvalue weighted by molar-refractivity contribution is -0.150. The van der Waals surface area contributed by atoms with Crippen LogP contribution in [0.25, 0.3) is 0 Å². The molecule has 30 heavy (non-hydrogen) atoms. The molecule has 2 saturated heterocycles. The summed E-state index contributed by atoms with van der Waals surface area (Å²) in [6, 6.07) is 8.25. The third kappa shape index (κ3) is 5.04. The van der Waals surface area contributed by atoms with Gasteiger partial charge in [0.2, 0.25) is 0 Å². The summed E-state index contributed by atoms with van der Waals surface area (Å²) < 4.78 is 11.1. The summed E-state index contributed by atoms with van der Waals surface area (Å²) in [6.45, 7) is 6.48. The fraction of sp³-hybridized carbons (Fsp3) is 0.591. The summed E-state index contributed by atoms with van der Waals surface area (Å²) in [5.74, 6) is -0.321. The van der Waals surface area contributed by atoms with Crippen molar-refractivity contribution in [3.05, 3.63) is 35.9 Å². The Hall–Kier alpha value is -2.77. The maximum absolute atomic E-state index is 13.0. The van der Waals surface area contributed by atoms with Crippen LogP contribution in [0.5, 0.6) is 0 Å². The fourth-order valence-corrected chi connectivity index (χ4v) is 4.16. The van der Waals surface area contributed by atoms with Crippen molar-refractivity contribution in [2.24, 2.45) is 5.92 Å². The highest BCUT2D eigenvalue weighted by atomic mass is 16.6. The van der Waals surface area contributed by atoms with E-state index in [1.54, 1.807) is 32.7 Å². The average molecular weight is 418 g/mol. The molecular weight excluding hydrogens is 386 g/mol. The average Bonchev–Trinajstić information content (AvgIpc) is 3.10. The molecule has 1 N–H and O–H groups in total. The molecule has 0 saturated carbocycles. The molecule has 0 aliphatic carbocycles. The molecule has 0 spiro atoms. The first-order chi connectivity index (χ1) is 14.2. The number of hydrogen-bond donors (Lipinski definition) is 1. The number of esters is 1. The van der Waals surface area contributed by atoms with Crippen LogP contribution in [0.4, 0.5) is 9.59 Å². The van der Waals surface area contributed by atoms with E-state index in [9.17, 15) is 14.4 Å². The Morgan fingerprint density at radius 3 is 2.50 bits per heavy atom. The normalized spacial score (nSPS) is 23.5. The van der Waals surface area contributed by atoms with E-state index in [1.807, 2.05) is 30.3 Å². The van der Waals surface area contributed by atoms with Crippen molar-refractivity contribution in [3.63, 3.8) is 0 Å². The summed E-state index contributed by atoms with van der Waals surface area (Å²) >= 11 is 0. The Morgan fingerprint density at radius 1 is 1.17 bits per heavy atom. The standard InChI is InChI=1S/C22H31N3O5/c1-22(2,3)30-21(28)25-17(19(26)29-14-15-8-6-5-7-9-15)12-16-10-11-24(13-18(16)25)20(27)23-4/h5-9,16-18H,10-14H2,1-4H3,(H,23,27)/t16-,17+,18+/m1/s1. The molecule has 2 heterocycles. The monoisotopic (exact) mass is 417 g/mol. The molecule has 1 aromatic rings. The van der Waals surface area contributed by atoms with Crippen LogP contribution in [0, 0.1) is 5.92 Å². The van der Waals surface area contributed by atoms with E-state index in [2.05, 4.69) is 5.32 Å². The highest BCUT2D eigenvalue weighted by Crippen LogP contribution is 2.37. The van der Waals surface area contributed by atoms with Crippen LogP contribution in [-0.4, -0.2) is 65.7 Å². The first kappa shape index (κ1) is 21.9. The van der Waals surface area contributed by atoms with E-state index in [0.717, 1.165) is 12.0 Å². The second-order valence-corrected chi connectivity index (χ2v) is 8.85. The SMILES string of the molecule is CNC(=O)N1CC[C@@H]2C[C@@H](C(=O)OCc3ccccc3)N(C(=O)OC(C)(C)C)[C@H]2C1. The van der Waals surface area contributed by atoms with Gasteiger partial charge in [-0.2, -0.15) is 0 Å². The number of carbonyl (C=O) groups is 3. The maximum atomic E-state index is 13.0. The third-order valence-corrected chi connectivity index (χ3v) is 5.54. The van der Waals surface area contributed by atoms with Crippen LogP contribution in [0.2, 0.25) is 0 Å². The Labute approximate surface area is 177 Å². The minimum absolute atomic E-state index is 0.118. The summed E-state index contributed by atoms with van der Waals surface area (Å²) in [7, 11) is 1.58. The highest BCUT2D eigenvalue weighted by molar-refractivity contribution is 5.83. The number of amides is 3. The predicted octanol–water partition coefficient (Wildman–Crippen LogP) is 2.77. The Bertz CT molecular complexity index is 777. The van der Waals surface area contributed by atoms with Gasteiger partial charge in [0.15, 0.2) is 0 Å². The van der Waals surface area contributed by atoms with Gasteiger partial charge < -0.3 is 19.7 Å². The molecule has 164 valence electrons. The molecule has 2 aliphatic rings. The minimum atomic E-state index is -0.719. The van der Waals surface area contributed by atoms with Gasteiger partial charge in [0.25, 0.3) is 0 Å². The molecule has 1 aromatic carbocycles. The van der Waals surface area contributed by atoms with Crippen molar-refractivity contribution in [1.29, 1.82) is 0 Å². The molecule has 3 amide bonds. The number of piperidine rings is 1. The van der Waals surface area contributed by atoms with E-state index < -0.39 is 23.7 Å².